The van der Waals surface area contributed by atoms with Crippen LogP contribution in [0.1, 0.15) is 41.9 Å². The van der Waals surface area contributed by atoms with Crippen molar-refractivity contribution in [1.82, 2.24) is 4.98 Å². The average molecular weight is 388 g/mol. The van der Waals surface area contributed by atoms with Crippen LogP contribution in [-0.4, -0.2) is 48.1 Å². The molecule has 28 heavy (non-hydrogen) atoms. The molecule has 2 heterocycles. The van der Waals surface area contributed by atoms with E-state index in [0.29, 0.717) is 18.6 Å². The minimum absolute atomic E-state index is 0.0129. The predicted octanol–water partition coefficient (Wildman–Crippen LogP) is 3.58. The minimum atomic E-state index is -2.57. The van der Waals surface area contributed by atoms with E-state index in [2.05, 4.69) is 4.98 Å². The van der Waals surface area contributed by atoms with Gasteiger partial charge in [0.15, 0.2) is 11.5 Å². The lowest BCUT2D eigenvalue weighted by molar-refractivity contribution is 0.0802. The smallest absolute Gasteiger partial charge is 0.272 e. The number of aliphatic hydroxyl groups is 1. The van der Waals surface area contributed by atoms with Crippen LogP contribution in [0.4, 0.5) is 8.78 Å². The molecule has 0 radical (unpaired) electrons. The predicted molar refractivity (Wildman–Crippen MR) is 101 cm³/mol. The van der Waals surface area contributed by atoms with E-state index in [1.165, 1.54) is 7.11 Å². The molecule has 2 aliphatic rings. The molecule has 1 saturated carbocycles. The van der Waals surface area contributed by atoms with Gasteiger partial charge < -0.3 is 14.6 Å². The molecule has 3 atom stereocenters. The van der Waals surface area contributed by atoms with Gasteiger partial charge in [0.1, 0.15) is 6.61 Å². The zero-order valence-corrected chi connectivity index (χ0v) is 15.5. The van der Waals surface area contributed by atoms with E-state index >= 15 is 0 Å². The third-order valence-electron chi connectivity index (χ3n) is 5.37. The van der Waals surface area contributed by atoms with E-state index in [1.807, 2.05) is 12.1 Å². The van der Waals surface area contributed by atoms with Crippen molar-refractivity contribution in [2.24, 2.45) is 4.99 Å². The van der Waals surface area contributed by atoms with Crippen molar-refractivity contribution in [1.29, 1.82) is 0 Å². The van der Waals surface area contributed by atoms with Crippen molar-refractivity contribution in [3.8, 4) is 11.5 Å². The summed E-state index contributed by atoms with van der Waals surface area (Å²) in [5, 5.41) is 10.2. The summed E-state index contributed by atoms with van der Waals surface area (Å²) in [7, 11) is 1.48. The summed E-state index contributed by atoms with van der Waals surface area (Å²) in [5.74, 6) is 0.678. The molecule has 3 unspecified atom stereocenters. The molecule has 0 saturated heterocycles. The van der Waals surface area contributed by atoms with Crippen molar-refractivity contribution in [2.75, 3.05) is 13.7 Å². The van der Waals surface area contributed by atoms with Crippen LogP contribution in [0.5, 0.6) is 11.5 Å². The lowest BCUT2D eigenvalue weighted by Gasteiger charge is -2.37. The number of ether oxygens (including phenoxy) is 2. The molecule has 4 rings (SSSR count). The van der Waals surface area contributed by atoms with Gasteiger partial charge in [-0.2, -0.15) is 0 Å². The Morgan fingerprint density at radius 3 is 2.82 bits per heavy atom. The van der Waals surface area contributed by atoms with Crippen LogP contribution in [-0.2, 0) is 0 Å². The normalized spacial score (nSPS) is 23.6. The molecule has 0 bridgehead atoms. The first-order valence-electron chi connectivity index (χ1n) is 9.36. The van der Waals surface area contributed by atoms with E-state index in [0.717, 1.165) is 28.8 Å². The Hall–Kier alpha value is -2.54. The fourth-order valence-corrected chi connectivity index (χ4v) is 4.10. The van der Waals surface area contributed by atoms with Gasteiger partial charge in [-0.3, -0.25) is 9.98 Å². The number of hydrogen-bond acceptors (Lipinski definition) is 5. The second-order valence-corrected chi connectivity index (χ2v) is 7.15. The van der Waals surface area contributed by atoms with Crippen molar-refractivity contribution < 1.29 is 23.4 Å². The lowest BCUT2D eigenvalue weighted by atomic mass is 9.74. The number of methoxy groups -OCH3 is 1. The van der Waals surface area contributed by atoms with E-state index in [-0.39, 0.29) is 17.7 Å². The highest BCUT2D eigenvalue weighted by Gasteiger charge is 2.37. The molecule has 5 nitrogen and oxygen atoms in total. The van der Waals surface area contributed by atoms with Crippen molar-refractivity contribution >= 4 is 5.71 Å². The van der Waals surface area contributed by atoms with E-state index in [1.54, 1.807) is 24.5 Å². The molecule has 1 aromatic heterocycles. The van der Waals surface area contributed by atoms with E-state index < -0.39 is 19.1 Å². The first-order chi connectivity index (χ1) is 13.6. The number of alkyl halides is 2. The van der Waals surface area contributed by atoms with Gasteiger partial charge >= 0.3 is 0 Å². The van der Waals surface area contributed by atoms with Crippen molar-refractivity contribution in [2.45, 2.75) is 43.8 Å². The molecule has 1 N–H and O–H groups in total. The quantitative estimate of drug-likeness (QED) is 0.850. The number of pyridine rings is 1. The van der Waals surface area contributed by atoms with Crippen LogP contribution in [0.15, 0.2) is 41.7 Å². The second-order valence-electron chi connectivity index (χ2n) is 7.15. The number of aliphatic imine (C=N–C) groups is 1. The summed E-state index contributed by atoms with van der Waals surface area (Å²) < 4.78 is 36.1. The first kappa shape index (κ1) is 18.8. The van der Waals surface area contributed by atoms with Crippen LogP contribution in [0.3, 0.4) is 0 Å². The highest BCUT2D eigenvalue weighted by molar-refractivity contribution is 6.14. The van der Waals surface area contributed by atoms with Gasteiger partial charge in [-0.25, -0.2) is 8.78 Å². The van der Waals surface area contributed by atoms with Gasteiger partial charge in [-0.05, 0) is 49.1 Å². The summed E-state index contributed by atoms with van der Waals surface area (Å²) in [4.78, 5) is 9.18. The summed E-state index contributed by atoms with van der Waals surface area (Å²) in [6.45, 7) is -0.699. The van der Waals surface area contributed by atoms with Gasteiger partial charge in [-0.1, -0.05) is 0 Å². The fraction of sp³-hybridized carbons (Fsp3) is 0.429. The monoisotopic (exact) mass is 388 g/mol. The molecule has 2 aromatic rings. The Balaban J connectivity index is 1.83. The lowest BCUT2D eigenvalue weighted by Crippen LogP contribution is -2.34. The molecular formula is C21H22F2N2O3. The second kappa shape index (κ2) is 7.83. The Morgan fingerprint density at radius 2 is 2.11 bits per heavy atom. The molecule has 1 aromatic carbocycles. The number of aliphatic hydroxyl groups excluding tert-OH is 1. The summed E-state index contributed by atoms with van der Waals surface area (Å²) in [6.07, 6.45) is 2.56. The Morgan fingerprint density at radius 1 is 1.25 bits per heavy atom. The van der Waals surface area contributed by atoms with Gasteiger partial charge in [-0.15, -0.1) is 0 Å². The summed E-state index contributed by atoms with van der Waals surface area (Å²) in [6, 6.07) is 7.39. The third-order valence-corrected chi connectivity index (χ3v) is 5.37. The van der Waals surface area contributed by atoms with Gasteiger partial charge in [0.25, 0.3) is 6.43 Å². The molecule has 1 aliphatic heterocycles. The van der Waals surface area contributed by atoms with Crippen LogP contribution < -0.4 is 9.47 Å². The first-order valence-corrected chi connectivity index (χ1v) is 9.36. The zero-order valence-electron chi connectivity index (χ0n) is 15.5. The molecule has 1 aliphatic carbocycles. The minimum Gasteiger partial charge on any atom is -0.493 e. The molecular weight excluding hydrogens is 366 g/mol. The number of nitrogens with zero attached hydrogens (tertiary/aromatic N) is 2. The highest BCUT2D eigenvalue weighted by atomic mass is 19.3. The summed E-state index contributed by atoms with van der Waals surface area (Å²) >= 11 is 0. The number of benzene rings is 1. The maximum atomic E-state index is 12.7. The number of aromatic nitrogens is 1. The number of rotatable bonds is 5. The van der Waals surface area contributed by atoms with E-state index in [4.69, 9.17) is 14.5 Å². The molecule has 0 spiro atoms. The Labute approximate surface area is 162 Å². The molecule has 0 amide bonds. The average Bonchev–Trinajstić information content (AvgIpc) is 2.71. The molecule has 148 valence electrons. The molecule has 7 heteroatoms. The maximum absolute atomic E-state index is 12.7. The van der Waals surface area contributed by atoms with Crippen LogP contribution >= 0.6 is 0 Å². The largest absolute Gasteiger partial charge is 0.493 e. The van der Waals surface area contributed by atoms with E-state index in [9.17, 15) is 13.9 Å². The van der Waals surface area contributed by atoms with Crippen LogP contribution in [0.25, 0.3) is 0 Å². The summed E-state index contributed by atoms with van der Waals surface area (Å²) in [5.41, 5.74) is 3.50. The molecule has 1 fully saturated rings. The fourth-order valence-electron chi connectivity index (χ4n) is 4.10. The van der Waals surface area contributed by atoms with Crippen LogP contribution in [0, 0.1) is 0 Å². The number of fused-ring (bicyclic) bond motifs is 3. The highest BCUT2D eigenvalue weighted by Crippen LogP contribution is 2.44. The SMILES string of the molecule is COc1cc2c(cc1OCC(F)F)C1CC(O)CCC1N=C2c1cccnc1. The van der Waals surface area contributed by atoms with Crippen molar-refractivity contribution in [3.63, 3.8) is 0 Å². The Bertz CT molecular complexity index is 873. The van der Waals surface area contributed by atoms with Crippen molar-refractivity contribution in [3.05, 3.63) is 53.3 Å². The third kappa shape index (κ3) is 3.58. The standard InChI is InChI=1S/C21H22F2N2O3/c1-27-18-9-16-14(8-19(18)28-11-20(22)23)15-7-13(26)4-5-17(15)25-21(16)12-3-2-6-24-10-12/h2-3,6,8-10,13,15,17,20,26H,4-5,7,11H2,1H3. The number of hydrogen-bond donors (Lipinski definition) is 1. The van der Waals surface area contributed by atoms with Gasteiger partial charge in [0.2, 0.25) is 0 Å². The van der Waals surface area contributed by atoms with Crippen LogP contribution in [0.2, 0.25) is 0 Å². The number of halogens is 2. The zero-order chi connectivity index (χ0) is 19.7. The Kier molecular flexibility index (Phi) is 5.26. The van der Waals surface area contributed by atoms with Gasteiger partial charge in [0, 0.05) is 29.4 Å². The maximum Gasteiger partial charge on any atom is 0.272 e. The topological polar surface area (TPSA) is 63.9 Å². The van der Waals surface area contributed by atoms with Gasteiger partial charge in [0.05, 0.1) is 25.0 Å².